The van der Waals surface area contributed by atoms with Crippen LogP contribution < -0.4 is 10.1 Å². The van der Waals surface area contributed by atoms with E-state index in [0.29, 0.717) is 22.6 Å². The number of cyclic esters (lactones) is 1. The van der Waals surface area contributed by atoms with Gasteiger partial charge in [0.05, 0.1) is 18.7 Å². The summed E-state index contributed by atoms with van der Waals surface area (Å²) in [4.78, 5) is 45.6. The Labute approximate surface area is 272 Å². The number of amides is 1. The smallest absolute Gasteiger partial charge is 0.325 e. The third-order valence-corrected chi connectivity index (χ3v) is 9.35. The molecular weight excluding hydrogens is 596 g/mol. The first-order valence-corrected chi connectivity index (χ1v) is 15.6. The van der Waals surface area contributed by atoms with E-state index in [0.717, 1.165) is 11.1 Å². The third-order valence-electron chi connectivity index (χ3n) is 9.35. The van der Waals surface area contributed by atoms with E-state index in [-0.39, 0.29) is 19.8 Å². The number of aliphatic hydroxyl groups is 1. The molecule has 4 aromatic rings. The predicted octanol–water partition coefficient (Wildman–Crippen LogP) is 5.06. The van der Waals surface area contributed by atoms with Gasteiger partial charge in [-0.2, -0.15) is 0 Å². The van der Waals surface area contributed by atoms with E-state index < -0.39 is 53.4 Å². The average molecular weight is 631 g/mol. The standard InChI is InChI=1S/C38H34N2O7/c1-2-21-46-35(42)30-32-36(43)47-33(25-14-7-4-8-15-25)31(24-12-5-3-6-13-24)40(32)34(26-16-11-17-27(23-26)45-22-20-41)38(30)28-18-9-10-19-29(28)39-37(38)44/h2-19,23,30-34,41H,1,20-22H2,(H,39,44)/t30-,31-,32-,33+,34+,38-/m0/s1. The summed E-state index contributed by atoms with van der Waals surface area (Å²) < 4.78 is 17.9. The molecule has 0 radical (unpaired) electrons. The molecule has 0 aliphatic carbocycles. The molecule has 3 aliphatic rings. The van der Waals surface area contributed by atoms with Crippen molar-refractivity contribution >= 4 is 23.5 Å². The molecule has 238 valence electrons. The zero-order valence-corrected chi connectivity index (χ0v) is 25.5. The number of nitrogens with zero attached hydrogens (tertiary/aromatic N) is 1. The van der Waals surface area contributed by atoms with Crippen molar-refractivity contribution in [2.45, 2.75) is 29.6 Å². The van der Waals surface area contributed by atoms with E-state index in [1.807, 2.05) is 95.9 Å². The summed E-state index contributed by atoms with van der Waals surface area (Å²) in [6.07, 6.45) is 0.690. The fourth-order valence-corrected chi connectivity index (χ4v) is 7.68. The summed E-state index contributed by atoms with van der Waals surface area (Å²) in [5.74, 6) is -2.56. The van der Waals surface area contributed by atoms with Crippen LogP contribution in [0.25, 0.3) is 0 Å². The second-order valence-corrected chi connectivity index (χ2v) is 11.8. The van der Waals surface area contributed by atoms with Gasteiger partial charge in [-0.3, -0.25) is 19.3 Å². The zero-order chi connectivity index (χ0) is 32.5. The summed E-state index contributed by atoms with van der Waals surface area (Å²) in [6.45, 7) is 3.49. The van der Waals surface area contributed by atoms with Crippen molar-refractivity contribution in [3.63, 3.8) is 0 Å². The van der Waals surface area contributed by atoms with Gasteiger partial charge in [-0.25, -0.2) is 0 Å². The van der Waals surface area contributed by atoms with Crippen LogP contribution in [-0.2, 0) is 29.3 Å². The molecule has 2 N–H and O–H groups in total. The first-order chi connectivity index (χ1) is 23.0. The normalized spacial score (nSPS) is 26.2. The minimum Gasteiger partial charge on any atom is -0.491 e. The van der Waals surface area contributed by atoms with Gasteiger partial charge in [0.25, 0.3) is 0 Å². The van der Waals surface area contributed by atoms with Gasteiger partial charge in [0.1, 0.15) is 42.4 Å². The molecule has 0 aromatic heterocycles. The van der Waals surface area contributed by atoms with E-state index in [1.54, 1.807) is 18.2 Å². The van der Waals surface area contributed by atoms with Crippen molar-refractivity contribution in [2.24, 2.45) is 5.92 Å². The Morgan fingerprint density at radius 3 is 2.30 bits per heavy atom. The number of ether oxygens (including phenoxy) is 3. The van der Waals surface area contributed by atoms with E-state index in [1.165, 1.54) is 6.08 Å². The van der Waals surface area contributed by atoms with Gasteiger partial charge in [-0.05, 0) is 40.5 Å². The molecule has 2 fully saturated rings. The number of benzene rings is 4. The fourth-order valence-electron chi connectivity index (χ4n) is 7.68. The number of fused-ring (bicyclic) bond motifs is 3. The number of hydrogen-bond acceptors (Lipinski definition) is 8. The second kappa shape index (κ2) is 12.5. The van der Waals surface area contributed by atoms with Gasteiger partial charge in [-0.1, -0.05) is 104 Å². The van der Waals surface area contributed by atoms with Crippen LogP contribution in [-0.4, -0.2) is 53.7 Å². The molecule has 3 heterocycles. The second-order valence-electron chi connectivity index (χ2n) is 11.8. The van der Waals surface area contributed by atoms with Crippen LogP contribution in [0.3, 0.4) is 0 Å². The summed E-state index contributed by atoms with van der Waals surface area (Å²) in [7, 11) is 0. The quantitative estimate of drug-likeness (QED) is 0.195. The molecule has 47 heavy (non-hydrogen) atoms. The molecule has 0 unspecified atom stereocenters. The highest BCUT2D eigenvalue weighted by molar-refractivity contribution is 6.11. The molecule has 2 saturated heterocycles. The summed E-state index contributed by atoms with van der Waals surface area (Å²) in [5, 5.41) is 12.5. The Kier molecular flexibility index (Phi) is 8.09. The molecule has 0 saturated carbocycles. The molecule has 9 heteroatoms. The van der Waals surface area contributed by atoms with E-state index in [2.05, 4.69) is 11.9 Å². The van der Waals surface area contributed by atoms with Crippen molar-refractivity contribution in [3.8, 4) is 5.75 Å². The number of aliphatic hydroxyl groups excluding tert-OH is 1. The number of carbonyl (C=O) groups excluding carboxylic acids is 3. The number of para-hydroxylation sites is 1. The largest absolute Gasteiger partial charge is 0.491 e. The van der Waals surface area contributed by atoms with Crippen molar-refractivity contribution < 1.29 is 33.7 Å². The average Bonchev–Trinajstić information content (AvgIpc) is 3.59. The fraction of sp³-hybridized carbons (Fsp3) is 0.237. The maximum atomic E-state index is 14.7. The first-order valence-electron chi connectivity index (χ1n) is 15.6. The number of anilines is 1. The lowest BCUT2D eigenvalue weighted by molar-refractivity contribution is -0.180. The summed E-state index contributed by atoms with van der Waals surface area (Å²) >= 11 is 0. The molecule has 6 atom stereocenters. The molecule has 0 bridgehead atoms. The number of esters is 2. The van der Waals surface area contributed by atoms with Crippen LogP contribution in [0.1, 0.15) is 40.4 Å². The van der Waals surface area contributed by atoms with E-state index in [4.69, 9.17) is 14.2 Å². The Morgan fingerprint density at radius 2 is 1.57 bits per heavy atom. The third kappa shape index (κ3) is 4.90. The Bertz CT molecular complexity index is 1810. The van der Waals surface area contributed by atoms with Gasteiger partial charge < -0.3 is 24.6 Å². The van der Waals surface area contributed by atoms with Crippen LogP contribution in [0.5, 0.6) is 5.75 Å². The lowest BCUT2D eigenvalue weighted by Gasteiger charge is -2.46. The van der Waals surface area contributed by atoms with Crippen molar-refractivity contribution in [1.82, 2.24) is 4.90 Å². The number of hydrogen-bond donors (Lipinski definition) is 2. The Morgan fingerprint density at radius 1 is 0.894 bits per heavy atom. The highest BCUT2D eigenvalue weighted by atomic mass is 16.6. The van der Waals surface area contributed by atoms with E-state index in [9.17, 15) is 19.5 Å². The van der Waals surface area contributed by atoms with Crippen LogP contribution >= 0.6 is 0 Å². The Balaban J connectivity index is 1.54. The lowest BCUT2D eigenvalue weighted by atomic mass is 9.65. The zero-order valence-electron chi connectivity index (χ0n) is 25.5. The lowest BCUT2D eigenvalue weighted by Crippen LogP contribution is -2.52. The van der Waals surface area contributed by atoms with Crippen molar-refractivity contribution in [3.05, 3.63) is 144 Å². The van der Waals surface area contributed by atoms with Crippen LogP contribution in [0.4, 0.5) is 5.69 Å². The SMILES string of the molecule is C=CCOC(=O)[C@@H]1[C@H]2C(=O)O[C@H](c3ccccc3)[C@H](c3ccccc3)N2[C@H](c2cccc(OCCO)c2)[C@@]12C(=O)Nc1ccccc12. The molecule has 7 rings (SSSR count). The van der Waals surface area contributed by atoms with Crippen molar-refractivity contribution in [2.75, 3.05) is 25.1 Å². The topological polar surface area (TPSA) is 114 Å². The van der Waals surface area contributed by atoms with Crippen LogP contribution in [0.2, 0.25) is 0 Å². The summed E-state index contributed by atoms with van der Waals surface area (Å²) in [5.41, 5.74) is 1.81. The highest BCUT2D eigenvalue weighted by Gasteiger charge is 2.74. The van der Waals surface area contributed by atoms with Crippen LogP contribution in [0, 0.1) is 5.92 Å². The molecule has 1 amide bonds. The monoisotopic (exact) mass is 630 g/mol. The predicted molar refractivity (Wildman–Crippen MR) is 173 cm³/mol. The first kappa shape index (κ1) is 30.4. The number of carbonyl (C=O) groups is 3. The van der Waals surface area contributed by atoms with Gasteiger partial charge in [0.15, 0.2) is 0 Å². The number of rotatable bonds is 9. The highest BCUT2D eigenvalue weighted by Crippen LogP contribution is 2.65. The minimum absolute atomic E-state index is 0.0699. The van der Waals surface area contributed by atoms with Gasteiger partial charge in [0.2, 0.25) is 5.91 Å². The number of morpholine rings is 1. The van der Waals surface area contributed by atoms with Gasteiger partial charge >= 0.3 is 11.9 Å². The molecular formula is C38H34N2O7. The molecule has 1 spiro atoms. The maximum Gasteiger partial charge on any atom is 0.325 e. The van der Waals surface area contributed by atoms with Gasteiger partial charge in [-0.15, -0.1) is 0 Å². The molecule has 3 aliphatic heterocycles. The maximum absolute atomic E-state index is 14.7. The number of nitrogens with one attached hydrogen (secondary N) is 1. The van der Waals surface area contributed by atoms with Crippen LogP contribution in [0.15, 0.2) is 122 Å². The molecule has 9 nitrogen and oxygen atoms in total. The van der Waals surface area contributed by atoms with E-state index >= 15 is 0 Å². The summed E-state index contributed by atoms with van der Waals surface area (Å²) in [6, 6.07) is 31.0. The van der Waals surface area contributed by atoms with Crippen molar-refractivity contribution in [1.29, 1.82) is 0 Å². The molecule has 4 aromatic carbocycles. The Hall–Kier alpha value is -5.25. The van der Waals surface area contributed by atoms with Gasteiger partial charge in [0, 0.05) is 5.69 Å². The minimum atomic E-state index is -1.60.